The molecule has 0 amide bonds. The number of rotatable bonds is 8. The van der Waals surface area contributed by atoms with Gasteiger partial charge >= 0.3 is 11.9 Å². The molecule has 2 N–H and O–H groups in total. The van der Waals surface area contributed by atoms with Crippen LogP contribution < -0.4 is 0 Å². The van der Waals surface area contributed by atoms with Crippen LogP contribution in [-0.2, 0) is 9.59 Å². The van der Waals surface area contributed by atoms with Gasteiger partial charge in [-0.15, -0.1) is 0 Å². The van der Waals surface area contributed by atoms with Crippen molar-refractivity contribution in [1.29, 1.82) is 0 Å². The first-order valence-electron chi connectivity index (χ1n) is 4.52. The van der Waals surface area contributed by atoms with Crippen LogP contribution in [0.2, 0.25) is 0 Å². The molecule has 0 spiro atoms. The SMILES string of the molecule is O=C(O)C(CCCCC[N+](=O)[O-])C(=O)O. The van der Waals surface area contributed by atoms with Gasteiger partial charge in [0, 0.05) is 11.3 Å². The minimum atomic E-state index is -1.40. The second-order valence-corrected chi connectivity index (χ2v) is 3.13. The van der Waals surface area contributed by atoms with Gasteiger partial charge in [-0.25, -0.2) is 0 Å². The Labute approximate surface area is 85.9 Å². The van der Waals surface area contributed by atoms with Gasteiger partial charge in [0.2, 0.25) is 6.54 Å². The van der Waals surface area contributed by atoms with Gasteiger partial charge in [-0.2, -0.15) is 0 Å². The second kappa shape index (κ2) is 6.74. The number of hydrogen-bond donors (Lipinski definition) is 2. The molecule has 0 aliphatic carbocycles. The fourth-order valence-electron chi connectivity index (χ4n) is 1.12. The Kier molecular flexibility index (Phi) is 6.00. The van der Waals surface area contributed by atoms with Gasteiger partial charge in [0.1, 0.15) is 0 Å². The van der Waals surface area contributed by atoms with Gasteiger partial charge in [-0.1, -0.05) is 6.42 Å². The van der Waals surface area contributed by atoms with Crippen molar-refractivity contribution < 1.29 is 24.7 Å². The molecule has 0 heterocycles. The summed E-state index contributed by atoms with van der Waals surface area (Å²) in [6.45, 7) is -0.162. The van der Waals surface area contributed by atoms with Crippen molar-refractivity contribution in [2.24, 2.45) is 5.92 Å². The van der Waals surface area contributed by atoms with Crippen LogP contribution in [0.3, 0.4) is 0 Å². The van der Waals surface area contributed by atoms with Crippen LogP contribution in [0.15, 0.2) is 0 Å². The Balaban J connectivity index is 3.68. The van der Waals surface area contributed by atoms with E-state index in [1.165, 1.54) is 0 Å². The summed E-state index contributed by atoms with van der Waals surface area (Å²) in [5, 5.41) is 26.9. The molecule has 0 bridgehead atoms. The lowest BCUT2D eigenvalue weighted by Crippen LogP contribution is -2.23. The van der Waals surface area contributed by atoms with Crippen molar-refractivity contribution in [3.8, 4) is 0 Å². The highest BCUT2D eigenvalue weighted by Gasteiger charge is 2.24. The average molecular weight is 219 g/mol. The molecule has 0 aromatic rings. The van der Waals surface area contributed by atoms with Gasteiger partial charge in [-0.3, -0.25) is 19.7 Å². The van der Waals surface area contributed by atoms with Crippen molar-refractivity contribution in [2.75, 3.05) is 6.54 Å². The number of nitro groups is 1. The Morgan fingerprint density at radius 3 is 2.07 bits per heavy atom. The van der Waals surface area contributed by atoms with Crippen LogP contribution >= 0.6 is 0 Å². The number of carboxylic acid groups (broad SMARTS) is 2. The van der Waals surface area contributed by atoms with Gasteiger partial charge in [0.05, 0.1) is 0 Å². The van der Waals surface area contributed by atoms with Crippen molar-refractivity contribution in [2.45, 2.75) is 25.7 Å². The van der Waals surface area contributed by atoms with E-state index in [9.17, 15) is 19.7 Å². The number of hydrogen-bond acceptors (Lipinski definition) is 4. The van der Waals surface area contributed by atoms with Crippen molar-refractivity contribution in [3.63, 3.8) is 0 Å². The van der Waals surface area contributed by atoms with Gasteiger partial charge in [0.25, 0.3) is 0 Å². The maximum atomic E-state index is 10.4. The van der Waals surface area contributed by atoms with Crippen LogP contribution in [0, 0.1) is 16.0 Å². The molecule has 0 aliphatic rings. The predicted octanol–water partition coefficient (Wildman–Crippen LogP) is 0.609. The highest BCUT2D eigenvalue weighted by Crippen LogP contribution is 2.10. The molecular formula is C8H13NO6. The second-order valence-electron chi connectivity index (χ2n) is 3.13. The molecule has 0 saturated carbocycles. The van der Waals surface area contributed by atoms with E-state index in [-0.39, 0.29) is 13.0 Å². The minimum absolute atomic E-state index is 0.0163. The van der Waals surface area contributed by atoms with Crippen LogP contribution in [-0.4, -0.2) is 33.6 Å². The zero-order valence-corrected chi connectivity index (χ0v) is 8.09. The fourth-order valence-corrected chi connectivity index (χ4v) is 1.12. The first kappa shape index (κ1) is 13.3. The van der Waals surface area contributed by atoms with Gasteiger partial charge in [-0.05, 0) is 12.8 Å². The van der Waals surface area contributed by atoms with E-state index in [1.54, 1.807) is 0 Å². The number of unbranched alkanes of at least 4 members (excludes halogenated alkanes) is 2. The monoisotopic (exact) mass is 219 g/mol. The normalized spacial score (nSPS) is 10.2. The molecule has 7 nitrogen and oxygen atoms in total. The van der Waals surface area contributed by atoms with Crippen LogP contribution in [0.25, 0.3) is 0 Å². The summed E-state index contributed by atoms with van der Waals surface area (Å²) in [6, 6.07) is 0. The summed E-state index contributed by atoms with van der Waals surface area (Å²) in [5.41, 5.74) is 0. The zero-order chi connectivity index (χ0) is 11.8. The van der Waals surface area contributed by atoms with Crippen molar-refractivity contribution in [3.05, 3.63) is 10.1 Å². The molecule has 0 fully saturated rings. The lowest BCUT2D eigenvalue weighted by molar-refractivity contribution is -0.480. The number of nitrogens with zero attached hydrogens (tertiary/aromatic N) is 1. The Morgan fingerprint density at radius 2 is 1.67 bits per heavy atom. The largest absolute Gasteiger partial charge is 0.481 e. The summed E-state index contributed by atoms with van der Waals surface area (Å²) in [5.74, 6) is -4.13. The predicted molar refractivity (Wildman–Crippen MR) is 49.1 cm³/mol. The smallest absolute Gasteiger partial charge is 0.317 e. The minimum Gasteiger partial charge on any atom is -0.481 e. The molecule has 7 heteroatoms. The van der Waals surface area contributed by atoms with Crippen molar-refractivity contribution >= 4 is 11.9 Å². The third-order valence-electron chi connectivity index (χ3n) is 1.93. The lowest BCUT2D eigenvalue weighted by Gasteiger charge is -2.05. The zero-order valence-electron chi connectivity index (χ0n) is 8.09. The van der Waals surface area contributed by atoms with Crippen molar-refractivity contribution in [1.82, 2.24) is 0 Å². The summed E-state index contributed by atoms with van der Waals surface area (Å²) in [7, 11) is 0. The topological polar surface area (TPSA) is 118 Å². The molecular weight excluding hydrogens is 206 g/mol. The summed E-state index contributed by atoms with van der Waals surface area (Å²) in [6.07, 6.45) is 1.20. The van der Waals surface area contributed by atoms with Crippen LogP contribution in [0.1, 0.15) is 25.7 Å². The molecule has 0 aromatic heterocycles. The van der Waals surface area contributed by atoms with E-state index >= 15 is 0 Å². The molecule has 0 atom stereocenters. The molecule has 0 aromatic carbocycles. The van der Waals surface area contributed by atoms with Crippen LogP contribution in [0.5, 0.6) is 0 Å². The Morgan fingerprint density at radius 1 is 1.13 bits per heavy atom. The quantitative estimate of drug-likeness (QED) is 0.267. The maximum Gasteiger partial charge on any atom is 0.317 e. The molecule has 0 rings (SSSR count). The first-order chi connectivity index (χ1) is 6.95. The van der Waals surface area contributed by atoms with E-state index in [0.29, 0.717) is 19.3 Å². The molecule has 0 aliphatic heterocycles. The summed E-state index contributed by atoms with van der Waals surface area (Å²) < 4.78 is 0. The van der Waals surface area contributed by atoms with E-state index in [1.807, 2.05) is 0 Å². The first-order valence-corrected chi connectivity index (χ1v) is 4.52. The molecule has 0 radical (unpaired) electrons. The average Bonchev–Trinajstić information content (AvgIpc) is 2.08. The molecule has 0 unspecified atom stereocenters. The van der Waals surface area contributed by atoms with Gasteiger partial charge < -0.3 is 10.2 Å². The Bertz CT molecular complexity index is 238. The third-order valence-corrected chi connectivity index (χ3v) is 1.93. The number of carboxylic acids is 2. The van der Waals surface area contributed by atoms with Crippen LogP contribution in [0.4, 0.5) is 0 Å². The summed E-state index contributed by atoms with van der Waals surface area (Å²) in [4.78, 5) is 30.3. The lowest BCUT2D eigenvalue weighted by atomic mass is 10.0. The molecule has 86 valence electrons. The molecule has 15 heavy (non-hydrogen) atoms. The highest BCUT2D eigenvalue weighted by molar-refractivity contribution is 5.92. The maximum absolute atomic E-state index is 10.4. The highest BCUT2D eigenvalue weighted by atomic mass is 16.6. The third kappa shape index (κ3) is 6.42. The number of carbonyl (C=O) groups is 2. The number of aliphatic carboxylic acids is 2. The standard InChI is InChI=1S/C8H13NO6/c10-7(11)6(8(12)13)4-2-1-3-5-9(14)15/h6H,1-5H2,(H,10,11)(H,12,13). The fraction of sp³-hybridized carbons (Fsp3) is 0.750. The summed E-state index contributed by atoms with van der Waals surface area (Å²) >= 11 is 0. The molecule has 0 saturated heterocycles. The van der Waals surface area contributed by atoms with E-state index < -0.39 is 22.8 Å². The van der Waals surface area contributed by atoms with E-state index in [2.05, 4.69) is 0 Å². The Hall–Kier alpha value is -1.66. The van der Waals surface area contributed by atoms with E-state index in [0.717, 1.165) is 0 Å². The van der Waals surface area contributed by atoms with Gasteiger partial charge in [0.15, 0.2) is 5.92 Å². The van der Waals surface area contributed by atoms with E-state index in [4.69, 9.17) is 10.2 Å².